The summed E-state index contributed by atoms with van der Waals surface area (Å²) in [6, 6.07) is 0. The number of hydrogen-bond acceptors (Lipinski definition) is 6. The van der Waals surface area contributed by atoms with Crippen molar-refractivity contribution in [3.63, 3.8) is 0 Å². The Morgan fingerprint density at radius 1 is 1.39 bits per heavy atom. The fourth-order valence-corrected chi connectivity index (χ4v) is 1.95. The van der Waals surface area contributed by atoms with Crippen molar-refractivity contribution in [3.8, 4) is 0 Å². The van der Waals surface area contributed by atoms with E-state index in [1.807, 2.05) is 13.8 Å². The first-order valence-electron chi connectivity index (χ1n) is 6.48. The topological polar surface area (TPSA) is 86.0 Å². The van der Waals surface area contributed by atoms with Gasteiger partial charge >= 0.3 is 0 Å². The molecule has 2 rings (SSSR count). The van der Waals surface area contributed by atoms with E-state index in [0.717, 1.165) is 38.4 Å². The molecule has 1 aliphatic heterocycles. The highest BCUT2D eigenvalue weighted by molar-refractivity contribution is 5.31. The normalized spacial score (nSPS) is 19.4. The Kier molecular flexibility index (Phi) is 4.30. The van der Waals surface area contributed by atoms with Crippen molar-refractivity contribution >= 4 is 11.9 Å². The summed E-state index contributed by atoms with van der Waals surface area (Å²) in [6.45, 7) is 6.68. The number of aromatic nitrogens is 3. The maximum absolute atomic E-state index is 5.67. The van der Waals surface area contributed by atoms with E-state index >= 15 is 0 Å². The number of ether oxygens (including phenoxy) is 1. The molecule has 3 N–H and O–H groups in total. The Balaban J connectivity index is 1.88. The van der Waals surface area contributed by atoms with Crippen LogP contribution >= 0.6 is 0 Å². The number of hydrogen-bond donors (Lipinski definition) is 2. The van der Waals surface area contributed by atoms with Gasteiger partial charge in [0.15, 0.2) is 0 Å². The van der Waals surface area contributed by atoms with Crippen LogP contribution < -0.4 is 11.1 Å². The van der Waals surface area contributed by atoms with Gasteiger partial charge in [-0.05, 0) is 18.8 Å². The summed E-state index contributed by atoms with van der Waals surface area (Å²) in [5.41, 5.74) is 5.67. The minimum atomic E-state index is 0.249. The highest BCUT2D eigenvalue weighted by Crippen LogP contribution is 2.16. The van der Waals surface area contributed by atoms with Crippen molar-refractivity contribution in [1.82, 2.24) is 15.0 Å². The van der Waals surface area contributed by atoms with Crippen LogP contribution in [0.15, 0.2) is 0 Å². The smallest absolute Gasteiger partial charge is 0.227 e. The largest absolute Gasteiger partial charge is 0.381 e. The van der Waals surface area contributed by atoms with Crippen molar-refractivity contribution < 1.29 is 4.74 Å². The molecular formula is C12H21N5O. The molecule has 1 unspecified atom stereocenters. The first-order valence-corrected chi connectivity index (χ1v) is 6.48. The summed E-state index contributed by atoms with van der Waals surface area (Å²) in [5.74, 6) is 2.49. The number of nitrogen functional groups attached to an aromatic ring is 1. The van der Waals surface area contributed by atoms with Gasteiger partial charge in [0.2, 0.25) is 11.9 Å². The SMILES string of the molecule is CC(C)c1nc(N)nc(NCCC2CCOC2)n1. The van der Waals surface area contributed by atoms with Gasteiger partial charge in [-0.1, -0.05) is 13.8 Å². The fourth-order valence-electron chi connectivity index (χ4n) is 1.95. The van der Waals surface area contributed by atoms with Gasteiger partial charge in [-0.3, -0.25) is 0 Å². The summed E-state index contributed by atoms with van der Waals surface area (Å²) in [5, 5.41) is 3.21. The van der Waals surface area contributed by atoms with Crippen LogP contribution in [0.5, 0.6) is 0 Å². The summed E-state index contributed by atoms with van der Waals surface area (Å²) in [4.78, 5) is 12.6. The predicted molar refractivity (Wildman–Crippen MR) is 70.4 cm³/mol. The van der Waals surface area contributed by atoms with E-state index in [0.29, 0.717) is 11.9 Å². The maximum atomic E-state index is 5.67. The molecule has 0 saturated carbocycles. The van der Waals surface area contributed by atoms with Crippen LogP contribution in [0.3, 0.4) is 0 Å². The van der Waals surface area contributed by atoms with E-state index < -0.39 is 0 Å². The summed E-state index contributed by atoms with van der Waals surface area (Å²) in [6.07, 6.45) is 2.22. The van der Waals surface area contributed by atoms with Crippen LogP contribution in [-0.4, -0.2) is 34.7 Å². The average Bonchev–Trinajstić information content (AvgIpc) is 2.81. The van der Waals surface area contributed by atoms with Gasteiger partial charge in [-0.25, -0.2) is 0 Å². The molecule has 0 aromatic carbocycles. The first-order chi connectivity index (χ1) is 8.65. The molecule has 0 bridgehead atoms. The van der Waals surface area contributed by atoms with Crippen LogP contribution in [0.2, 0.25) is 0 Å². The van der Waals surface area contributed by atoms with Gasteiger partial charge in [0.25, 0.3) is 0 Å². The summed E-state index contributed by atoms with van der Waals surface area (Å²) >= 11 is 0. The highest BCUT2D eigenvalue weighted by atomic mass is 16.5. The van der Waals surface area contributed by atoms with Crippen LogP contribution in [0.25, 0.3) is 0 Å². The van der Waals surface area contributed by atoms with Gasteiger partial charge in [-0.2, -0.15) is 15.0 Å². The minimum absolute atomic E-state index is 0.249. The monoisotopic (exact) mass is 251 g/mol. The summed E-state index contributed by atoms with van der Waals surface area (Å²) < 4.78 is 5.34. The standard InChI is InChI=1S/C12H21N5O/c1-8(2)10-15-11(13)17-12(16-10)14-5-3-9-4-6-18-7-9/h8-9H,3-7H2,1-2H3,(H3,13,14,15,16,17). The van der Waals surface area contributed by atoms with E-state index in [1.165, 1.54) is 0 Å². The van der Waals surface area contributed by atoms with Gasteiger partial charge in [0.1, 0.15) is 5.82 Å². The van der Waals surface area contributed by atoms with Crippen LogP contribution in [0.1, 0.15) is 38.4 Å². The van der Waals surface area contributed by atoms with Crippen LogP contribution in [0, 0.1) is 5.92 Å². The molecule has 0 aliphatic carbocycles. The van der Waals surface area contributed by atoms with Gasteiger partial charge in [-0.15, -0.1) is 0 Å². The lowest BCUT2D eigenvalue weighted by Gasteiger charge is -2.10. The minimum Gasteiger partial charge on any atom is -0.381 e. The fraction of sp³-hybridized carbons (Fsp3) is 0.750. The third-order valence-electron chi connectivity index (χ3n) is 3.05. The molecule has 1 aromatic rings. The molecule has 1 aliphatic rings. The number of nitrogens with two attached hydrogens (primary N) is 1. The van der Waals surface area contributed by atoms with Gasteiger partial charge < -0.3 is 15.8 Å². The molecule has 100 valence electrons. The zero-order chi connectivity index (χ0) is 13.0. The Bertz CT molecular complexity index is 390. The molecule has 1 aromatic heterocycles. The quantitative estimate of drug-likeness (QED) is 0.823. The second-order valence-corrected chi connectivity index (χ2v) is 4.98. The van der Waals surface area contributed by atoms with Crippen molar-refractivity contribution in [3.05, 3.63) is 5.82 Å². The van der Waals surface area contributed by atoms with Crippen molar-refractivity contribution in [2.75, 3.05) is 30.8 Å². The Hall–Kier alpha value is -1.43. The third-order valence-corrected chi connectivity index (χ3v) is 3.05. The average molecular weight is 251 g/mol. The van der Waals surface area contributed by atoms with Crippen molar-refractivity contribution in [2.45, 2.75) is 32.6 Å². The number of anilines is 2. The third kappa shape index (κ3) is 3.53. The first kappa shape index (κ1) is 13.0. The molecular weight excluding hydrogens is 230 g/mol. The Morgan fingerprint density at radius 3 is 2.89 bits per heavy atom. The molecule has 0 spiro atoms. The molecule has 18 heavy (non-hydrogen) atoms. The number of rotatable bonds is 5. The molecule has 6 nitrogen and oxygen atoms in total. The zero-order valence-electron chi connectivity index (χ0n) is 11.0. The van der Waals surface area contributed by atoms with Crippen LogP contribution in [0.4, 0.5) is 11.9 Å². The second kappa shape index (κ2) is 5.95. The van der Waals surface area contributed by atoms with Gasteiger partial charge in [0, 0.05) is 25.7 Å². The lowest BCUT2D eigenvalue weighted by molar-refractivity contribution is 0.185. The lowest BCUT2D eigenvalue weighted by atomic mass is 10.1. The molecule has 1 atom stereocenters. The predicted octanol–water partition coefficient (Wildman–Crippen LogP) is 1.42. The summed E-state index contributed by atoms with van der Waals surface area (Å²) in [7, 11) is 0. The highest BCUT2D eigenvalue weighted by Gasteiger charge is 2.15. The molecule has 0 amide bonds. The van der Waals surface area contributed by atoms with Gasteiger partial charge in [0.05, 0.1) is 0 Å². The van der Waals surface area contributed by atoms with E-state index in [4.69, 9.17) is 10.5 Å². The lowest BCUT2D eigenvalue weighted by Crippen LogP contribution is -2.14. The number of nitrogens with zero attached hydrogens (tertiary/aromatic N) is 3. The second-order valence-electron chi connectivity index (χ2n) is 4.98. The maximum Gasteiger partial charge on any atom is 0.227 e. The zero-order valence-corrected chi connectivity index (χ0v) is 11.0. The molecule has 2 heterocycles. The molecule has 1 fully saturated rings. The van der Waals surface area contributed by atoms with E-state index in [1.54, 1.807) is 0 Å². The molecule has 6 heteroatoms. The van der Waals surface area contributed by atoms with Crippen molar-refractivity contribution in [2.24, 2.45) is 5.92 Å². The molecule has 0 radical (unpaired) electrons. The van der Waals surface area contributed by atoms with Crippen LogP contribution in [-0.2, 0) is 4.74 Å². The van der Waals surface area contributed by atoms with E-state index in [2.05, 4.69) is 20.3 Å². The molecule has 1 saturated heterocycles. The van der Waals surface area contributed by atoms with E-state index in [-0.39, 0.29) is 11.9 Å². The number of nitrogens with one attached hydrogen (secondary N) is 1. The Morgan fingerprint density at radius 2 is 2.22 bits per heavy atom. The van der Waals surface area contributed by atoms with E-state index in [9.17, 15) is 0 Å². The van der Waals surface area contributed by atoms with Crippen molar-refractivity contribution in [1.29, 1.82) is 0 Å². The Labute approximate surface area is 107 Å².